The summed E-state index contributed by atoms with van der Waals surface area (Å²) in [6.45, 7) is -0.511. The summed E-state index contributed by atoms with van der Waals surface area (Å²) in [5, 5.41) is 39.1. The van der Waals surface area contributed by atoms with Gasteiger partial charge < -0.3 is 30.9 Å². The number of hydrogen-bond donors (Lipinski definition) is 5. The number of nitrogen functional groups attached to an aromatic ring is 1. The molecular weight excluding hydrogens is 334 g/mol. The maximum Gasteiger partial charge on any atom is 0.303 e. The molecule has 0 spiro atoms. The van der Waals surface area contributed by atoms with Crippen LogP contribution in [0.5, 0.6) is 0 Å². The summed E-state index contributed by atoms with van der Waals surface area (Å²) in [6.07, 6.45) is -1.17. The van der Waals surface area contributed by atoms with Crippen LogP contribution in [-0.2, 0) is 15.3 Å². The Balaban J connectivity index is 2.07. The number of anilines is 1. The molecule has 1 aliphatic rings. The van der Waals surface area contributed by atoms with Crippen molar-refractivity contribution in [2.45, 2.75) is 43.3 Å². The number of carboxylic acid groups (broad SMARTS) is 1. The van der Waals surface area contributed by atoms with E-state index in [-0.39, 0.29) is 36.2 Å². The van der Waals surface area contributed by atoms with Gasteiger partial charge in [-0.15, -0.1) is 0 Å². The highest BCUT2D eigenvalue weighted by Crippen LogP contribution is 2.41. The highest BCUT2D eigenvalue weighted by atomic mass is 16.6. The lowest BCUT2D eigenvalue weighted by molar-refractivity contribution is -0.153. The van der Waals surface area contributed by atoms with E-state index in [9.17, 15) is 20.1 Å². The van der Waals surface area contributed by atoms with E-state index in [1.165, 1.54) is 17.2 Å². The number of fused-ring (bicyclic) bond motifs is 1. The second kappa shape index (κ2) is 6.52. The van der Waals surface area contributed by atoms with Gasteiger partial charge in [0.05, 0.1) is 12.9 Å². The first-order valence-corrected chi connectivity index (χ1v) is 7.71. The Morgan fingerprint density at radius 1 is 1.36 bits per heavy atom. The molecule has 2 aromatic heterocycles. The average Bonchev–Trinajstić information content (AvgIpc) is 3.11. The molecule has 0 saturated carbocycles. The first kappa shape index (κ1) is 17.5. The van der Waals surface area contributed by atoms with Gasteiger partial charge in [-0.3, -0.25) is 9.36 Å². The van der Waals surface area contributed by atoms with E-state index in [2.05, 4.69) is 15.0 Å². The van der Waals surface area contributed by atoms with Crippen LogP contribution in [0.25, 0.3) is 11.2 Å². The van der Waals surface area contributed by atoms with Crippen molar-refractivity contribution in [1.29, 1.82) is 0 Å². The number of carboxylic acids is 1. The van der Waals surface area contributed by atoms with Gasteiger partial charge >= 0.3 is 5.97 Å². The molecule has 25 heavy (non-hydrogen) atoms. The molecule has 0 bridgehead atoms. The number of hydrogen-bond acceptors (Lipinski definition) is 9. The van der Waals surface area contributed by atoms with E-state index in [1.807, 2.05) is 0 Å². The number of aliphatic carboxylic acids is 1. The van der Waals surface area contributed by atoms with E-state index in [4.69, 9.17) is 15.6 Å². The predicted octanol–water partition coefficient (Wildman–Crippen LogP) is -1.57. The number of imidazole rings is 1. The van der Waals surface area contributed by atoms with Crippen molar-refractivity contribution < 1.29 is 30.0 Å². The number of nitrogens with zero attached hydrogens (tertiary/aromatic N) is 4. The monoisotopic (exact) mass is 353 g/mol. The summed E-state index contributed by atoms with van der Waals surface area (Å²) in [7, 11) is 0. The smallest absolute Gasteiger partial charge is 0.303 e. The second-order valence-corrected chi connectivity index (χ2v) is 5.91. The highest BCUT2D eigenvalue weighted by molar-refractivity contribution is 5.81. The Hall–Kier alpha value is -2.34. The number of aromatic nitrogens is 4. The van der Waals surface area contributed by atoms with E-state index in [0.717, 1.165) is 0 Å². The third-order valence-electron chi connectivity index (χ3n) is 4.40. The number of nitrogens with two attached hydrogens (primary N) is 1. The van der Waals surface area contributed by atoms with Gasteiger partial charge in [-0.25, -0.2) is 15.0 Å². The van der Waals surface area contributed by atoms with Gasteiger partial charge in [0, 0.05) is 6.42 Å². The van der Waals surface area contributed by atoms with Gasteiger partial charge in [0.25, 0.3) is 0 Å². The van der Waals surface area contributed by atoms with Gasteiger partial charge in [-0.1, -0.05) is 0 Å². The van der Waals surface area contributed by atoms with Gasteiger partial charge in [-0.2, -0.15) is 0 Å². The van der Waals surface area contributed by atoms with Crippen molar-refractivity contribution in [1.82, 2.24) is 19.5 Å². The summed E-state index contributed by atoms with van der Waals surface area (Å²) in [4.78, 5) is 22.9. The van der Waals surface area contributed by atoms with Crippen LogP contribution < -0.4 is 5.73 Å². The lowest BCUT2D eigenvalue weighted by Gasteiger charge is -2.33. The largest absolute Gasteiger partial charge is 0.481 e. The van der Waals surface area contributed by atoms with Crippen LogP contribution in [0.1, 0.15) is 19.3 Å². The molecule has 1 aliphatic heterocycles. The Morgan fingerprint density at radius 3 is 2.76 bits per heavy atom. The molecule has 1 saturated heterocycles. The van der Waals surface area contributed by atoms with E-state index >= 15 is 0 Å². The lowest BCUT2D eigenvalue weighted by atomic mass is 9.96. The molecule has 3 rings (SSSR count). The zero-order valence-electron chi connectivity index (χ0n) is 13.2. The first-order valence-electron chi connectivity index (χ1n) is 7.71. The summed E-state index contributed by atoms with van der Waals surface area (Å²) in [6, 6.07) is 0. The predicted molar refractivity (Wildman–Crippen MR) is 83.2 cm³/mol. The van der Waals surface area contributed by atoms with Crippen LogP contribution in [0.4, 0.5) is 5.82 Å². The third kappa shape index (κ3) is 2.80. The lowest BCUT2D eigenvalue weighted by Crippen LogP contribution is -2.45. The minimum atomic E-state index is -1.53. The molecule has 1 fully saturated rings. The molecular formula is C14H19N5O6. The van der Waals surface area contributed by atoms with Gasteiger partial charge in [0.1, 0.15) is 30.2 Å². The molecule has 2 aromatic rings. The maximum absolute atomic E-state index is 10.8. The van der Waals surface area contributed by atoms with Crippen molar-refractivity contribution in [2.24, 2.45) is 0 Å². The zero-order valence-corrected chi connectivity index (χ0v) is 13.2. The first-order chi connectivity index (χ1) is 11.9. The minimum Gasteiger partial charge on any atom is -0.481 e. The van der Waals surface area contributed by atoms with E-state index in [0.29, 0.717) is 0 Å². The van der Waals surface area contributed by atoms with Crippen LogP contribution >= 0.6 is 0 Å². The number of aliphatic hydroxyl groups is 3. The van der Waals surface area contributed by atoms with Crippen LogP contribution in [0.3, 0.4) is 0 Å². The molecule has 0 unspecified atom stereocenters. The topological polar surface area (TPSA) is 177 Å². The normalized spacial score (nSPS) is 29.3. The van der Waals surface area contributed by atoms with Crippen molar-refractivity contribution in [3.8, 4) is 0 Å². The number of aliphatic hydroxyl groups excluding tert-OH is 3. The van der Waals surface area contributed by atoms with Crippen LogP contribution in [-0.4, -0.2) is 70.8 Å². The minimum absolute atomic E-state index is 0.0589. The van der Waals surface area contributed by atoms with Crippen LogP contribution in [0.2, 0.25) is 0 Å². The van der Waals surface area contributed by atoms with E-state index < -0.39 is 36.6 Å². The molecule has 6 N–H and O–H groups in total. The summed E-state index contributed by atoms with van der Waals surface area (Å²) in [5.74, 6) is -0.861. The second-order valence-electron chi connectivity index (χ2n) is 5.91. The number of rotatable bonds is 6. The van der Waals surface area contributed by atoms with Crippen molar-refractivity contribution in [3.05, 3.63) is 12.7 Å². The Kier molecular flexibility index (Phi) is 4.56. The van der Waals surface area contributed by atoms with Gasteiger partial charge in [0.15, 0.2) is 17.2 Å². The molecule has 0 radical (unpaired) electrons. The Labute approximate surface area is 141 Å². The fourth-order valence-electron chi connectivity index (χ4n) is 3.17. The highest BCUT2D eigenvalue weighted by Gasteiger charge is 2.55. The van der Waals surface area contributed by atoms with Crippen molar-refractivity contribution in [3.63, 3.8) is 0 Å². The van der Waals surface area contributed by atoms with Gasteiger partial charge in [0.2, 0.25) is 0 Å². The van der Waals surface area contributed by atoms with Crippen LogP contribution in [0.15, 0.2) is 12.7 Å². The fraction of sp³-hybridized carbons (Fsp3) is 0.571. The molecule has 11 heteroatoms. The standard InChI is InChI=1S/C14H19N5O6/c15-12-9-13(17-5-16-12)19(6-18-9)14(3-1-2-8(21)22)11(24)10(23)7(4-20)25-14/h5-7,10-11,20,23-24H,1-4H2,(H,21,22)(H2,15,16,17)/t7-,10-,11-,14-/m1/s1. The average molecular weight is 353 g/mol. The van der Waals surface area contributed by atoms with Crippen molar-refractivity contribution in [2.75, 3.05) is 12.3 Å². The SMILES string of the molecule is Nc1ncnc2c1ncn2[C@]1(CCCC(=O)O)O[C@H](CO)[C@@H](O)[C@H]1O. The Bertz CT molecular complexity index is 782. The molecule has 0 aliphatic carbocycles. The Morgan fingerprint density at radius 2 is 2.12 bits per heavy atom. The number of carbonyl (C=O) groups is 1. The molecule has 0 amide bonds. The molecule has 3 heterocycles. The zero-order chi connectivity index (χ0) is 18.2. The maximum atomic E-state index is 10.8. The third-order valence-corrected chi connectivity index (χ3v) is 4.40. The molecule has 136 valence electrons. The fourth-order valence-corrected chi connectivity index (χ4v) is 3.17. The summed E-state index contributed by atoms with van der Waals surface area (Å²) < 4.78 is 7.18. The number of ether oxygens (including phenoxy) is 1. The summed E-state index contributed by atoms with van der Waals surface area (Å²) >= 11 is 0. The molecule has 0 aromatic carbocycles. The summed E-state index contributed by atoms with van der Waals surface area (Å²) in [5.41, 5.74) is 4.80. The quantitative estimate of drug-likeness (QED) is 0.407. The molecule has 4 atom stereocenters. The van der Waals surface area contributed by atoms with Gasteiger partial charge in [-0.05, 0) is 12.8 Å². The van der Waals surface area contributed by atoms with E-state index in [1.54, 1.807) is 0 Å². The van der Waals surface area contributed by atoms with Crippen LogP contribution in [0, 0.1) is 0 Å². The van der Waals surface area contributed by atoms with Crippen molar-refractivity contribution >= 4 is 23.0 Å². The molecule has 11 nitrogen and oxygen atoms in total.